The predicted molar refractivity (Wildman–Crippen MR) is 67.1 cm³/mol. The van der Waals surface area contributed by atoms with Gasteiger partial charge < -0.3 is 5.32 Å². The maximum atomic E-state index is 11.6. The lowest BCUT2D eigenvalue weighted by molar-refractivity contribution is -0.118. The number of anilines is 1. The minimum absolute atomic E-state index is 0.0320. The van der Waals surface area contributed by atoms with Crippen LogP contribution in [0.5, 0.6) is 0 Å². The maximum absolute atomic E-state index is 11.6. The van der Waals surface area contributed by atoms with Crippen LogP contribution in [-0.2, 0) is 11.2 Å². The molecule has 0 aliphatic heterocycles. The van der Waals surface area contributed by atoms with Crippen molar-refractivity contribution in [2.24, 2.45) is 5.92 Å². The summed E-state index contributed by atoms with van der Waals surface area (Å²) in [5.74, 6) is 0.508. The van der Waals surface area contributed by atoms with E-state index < -0.39 is 0 Å². The Morgan fingerprint density at radius 3 is 2.75 bits per heavy atom. The monoisotopic (exact) mass is 216 g/mol. The molecule has 0 saturated carbocycles. The van der Waals surface area contributed by atoms with Gasteiger partial charge in [0.2, 0.25) is 5.91 Å². The van der Waals surface area contributed by atoms with Crippen molar-refractivity contribution in [3.63, 3.8) is 0 Å². The Labute approximate surface area is 98.1 Å². The number of aryl methyl sites for hydroxylation is 1. The Morgan fingerprint density at radius 1 is 1.50 bits per heavy atom. The zero-order valence-corrected chi connectivity index (χ0v) is 10.1. The molecule has 4 heteroatoms. The van der Waals surface area contributed by atoms with E-state index in [2.05, 4.69) is 17.2 Å². The minimum Gasteiger partial charge on any atom is -0.310 e. The van der Waals surface area contributed by atoms with Gasteiger partial charge >= 0.3 is 0 Å². The van der Waals surface area contributed by atoms with Gasteiger partial charge in [0.15, 0.2) is 0 Å². The number of carbonyl (C=O) groups excluding carboxylic acids is 1. The van der Waals surface area contributed by atoms with Gasteiger partial charge in [0.25, 0.3) is 0 Å². The average Bonchev–Trinajstić information content (AvgIpc) is 2.22. The summed E-state index contributed by atoms with van der Waals surface area (Å²) in [4.78, 5) is 15.7. The van der Waals surface area contributed by atoms with Crippen LogP contribution in [0.1, 0.15) is 32.8 Å². The fourth-order valence-corrected chi connectivity index (χ4v) is 1.34. The van der Waals surface area contributed by atoms with E-state index in [0.717, 1.165) is 18.4 Å². The molecule has 0 fully saturated rings. The molecule has 84 valence electrons. The van der Waals surface area contributed by atoms with E-state index in [1.54, 1.807) is 6.07 Å². The number of hydrogen-bond acceptors (Lipinski definition) is 2. The molecule has 0 atom stereocenters. The Morgan fingerprint density at radius 2 is 2.19 bits per heavy atom. The molecular formula is C12H17BN2O. The zero-order valence-electron chi connectivity index (χ0n) is 10.1. The van der Waals surface area contributed by atoms with Crippen molar-refractivity contribution in [3.8, 4) is 0 Å². The van der Waals surface area contributed by atoms with E-state index in [1.165, 1.54) is 0 Å². The fraction of sp³-hybridized carbons (Fsp3) is 0.500. The summed E-state index contributed by atoms with van der Waals surface area (Å²) in [6.45, 7) is 5.78. The highest BCUT2D eigenvalue weighted by Crippen LogP contribution is 2.13. The molecule has 0 unspecified atom stereocenters. The van der Waals surface area contributed by atoms with Gasteiger partial charge in [-0.15, -0.1) is 0 Å². The molecule has 2 radical (unpaired) electrons. The molecule has 1 aromatic heterocycles. The smallest absolute Gasteiger partial charge is 0.228 e. The number of nitrogens with zero attached hydrogens (tertiary/aromatic N) is 1. The van der Waals surface area contributed by atoms with E-state index in [0.29, 0.717) is 11.4 Å². The standard InChI is InChI=1S/C12H17BN2O/c1-4-5-9-6-7-10(13)14-11(9)15-12(16)8(2)3/h6-8H,4-5H2,1-3H3,(H,14,15,16). The number of nitrogens with one attached hydrogen (secondary N) is 1. The molecule has 1 N–H and O–H groups in total. The molecule has 1 heterocycles. The van der Waals surface area contributed by atoms with Gasteiger partial charge in [0.05, 0.1) is 0 Å². The first kappa shape index (κ1) is 12.8. The summed E-state index contributed by atoms with van der Waals surface area (Å²) in [7, 11) is 5.61. The van der Waals surface area contributed by atoms with E-state index in [-0.39, 0.29) is 11.8 Å². The molecule has 1 aromatic rings. The molecule has 0 aliphatic carbocycles. The van der Waals surface area contributed by atoms with Crippen molar-refractivity contribution in [2.45, 2.75) is 33.6 Å². The van der Waals surface area contributed by atoms with Crippen LogP contribution in [0.3, 0.4) is 0 Å². The normalized spacial score (nSPS) is 10.5. The summed E-state index contributed by atoms with van der Waals surface area (Å²) in [5.41, 5.74) is 1.46. The zero-order chi connectivity index (χ0) is 12.1. The summed E-state index contributed by atoms with van der Waals surface area (Å²) >= 11 is 0. The van der Waals surface area contributed by atoms with Crippen molar-refractivity contribution in [3.05, 3.63) is 17.7 Å². The SMILES string of the molecule is [B]c1ccc(CCC)c(NC(=O)C(C)C)n1. The van der Waals surface area contributed by atoms with Gasteiger partial charge in [0, 0.05) is 5.92 Å². The van der Waals surface area contributed by atoms with Crippen LogP contribution >= 0.6 is 0 Å². The third kappa shape index (κ3) is 3.37. The first-order chi connectivity index (χ1) is 7.54. The topological polar surface area (TPSA) is 42.0 Å². The first-order valence-electron chi connectivity index (χ1n) is 5.60. The molecule has 0 spiro atoms. The van der Waals surface area contributed by atoms with Gasteiger partial charge in [-0.3, -0.25) is 4.79 Å². The van der Waals surface area contributed by atoms with Crippen molar-refractivity contribution in [1.29, 1.82) is 0 Å². The number of hydrogen-bond donors (Lipinski definition) is 1. The second kappa shape index (κ2) is 5.68. The lowest BCUT2D eigenvalue weighted by atomic mass is 10.0. The van der Waals surface area contributed by atoms with E-state index >= 15 is 0 Å². The maximum Gasteiger partial charge on any atom is 0.228 e. The van der Waals surface area contributed by atoms with Crippen LogP contribution in [0.15, 0.2) is 12.1 Å². The Hall–Kier alpha value is -1.32. The number of amides is 1. The van der Waals surface area contributed by atoms with Gasteiger partial charge in [-0.1, -0.05) is 39.3 Å². The quantitative estimate of drug-likeness (QED) is 0.773. The van der Waals surface area contributed by atoms with Crippen molar-refractivity contribution < 1.29 is 4.79 Å². The van der Waals surface area contributed by atoms with Crippen molar-refractivity contribution in [1.82, 2.24) is 4.98 Å². The first-order valence-corrected chi connectivity index (χ1v) is 5.60. The van der Waals surface area contributed by atoms with Crippen LogP contribution in [0.2, 0.25) is 0 Å². The Balaban J connectivity index is 2.91. The van der Waals surface area contributed by atoms with E-state index in [1.807, 2.05) is 19.9 Å². The lowest BCUT2D eigenvalue weighted by Gasteiger charge is -2.12. The van der Waals surface area contributed by atoms with Crippen LogP contribution in [0.25, 0.3) is 0 Å². The predicted octanol–water partition coefficient (Wildman–Crippen LogP) is 1.42. The Kier molecular flexibility index (Phi) is 4.53. The van der Waals surface area contributed by atoms with Gasteiger partial charge in [0.1, 0.15) is 13.7 Å². The van der Waals surface area contributed by atoms with Crippen LogP contribution < -0.4 is 10.9 Å². The van der Waals surface area contributed by atoms with Crippen LogP contribution in [-0.4, -0.2) is 18.7 Å². The third-order valence-corrected chi connectivity index (χ3v) is 2.29. The summed E-state index contributed by atoms with van der Waals surface area (Å²) in [5, 5.41) is 2.81. The molecular weight excluding hydrogens is 199 g/mol. The minimum atomic E-state index is -0.0577. The molecule has 16 heavy (non-hydrogen) atoms. The number of pyridine rings is 1. The summed E-state index contributed by atoms with van der Waals surface area (Å²) in [6, 6.07) is 3.68. The van der Waals surface area contributed by atoms with Crippen molar-refractivity contribution in [2.75, 3.05) is 5.32 Å². The van der Waals surface area contributed by atoms with Gasteiger partial charge in [-0.2, -0.15) is 0 Å². The van der Waals surface area contributed by atoms with E-state index in [9.17, 15) is 4.79 Å². The number of rotatable bonds is 4. The van der Waals surface area contributed by atoms with E-state index in [4.69, 9.17) is 7.85 Å². The van der Waals surface area contributed by atoms with Gasteiger partial charge in [-0.25, -0.2) is 4.98 Å². The fourth-order valence-electron chi connectivity index (χ4n) is 1.34. The molecule has 3 nitrogen and oxygen atoms in total. The third-order valence-electron chi connectivity index (χ3n) is 2.29. The van der Waals surface area contributed by atoms with Crippen LogP contribution in [0, 0.1) is 5.92 Å². The van der Waals surface area contributed by atoms with Crippen molar-refractivity contribution >= 4 is 25.2 Å². The molecule has 0 bridgehead atoms. The summed E-state index contributed by atoms with van der Waals surface area (Å²) < 4.78 is 0. The lowest BCUT2D eigenvalue weighted by Crippen LogP contribution is -2.22. The molecule has 0 saturated heterocycles. The summed E-state index contributed by atoms with van der Waals surface area (Å²) in [6.07, 6.45) is 1.90. The highest BCUT2D eigenvalue weighted by Gasteiger charge is 2.10. The van der Waals surface area contributed by atoms with Crippen LogP contribution in [0.4, 0.5) is 5.82 Å². The molecule has 0 aromatic carbocycles. The highest BCUT2D eigenvalue weighted by atomic mass is 16.1. The second-order valence-corrected chi connectivity index (χ2v) is 4.14. The largest absolute Gasteiger partial charge is 0.310 e. The molecule has 1 rings (SSSR count). The average molecular weight is 216 g/mol. The molecule has 1 amide bonds. The second-order valence-electron chi connectivity index (χ2n) is 4.14. The molecule has 0 aliphatic rings. The Bertz CT molecular complexity index is 377. The number of aromatic nitrogens is 1. The highest BCUT2D eigenvalue weighted by molar-refractivity contribution is 6.30. The van der Waals surface area contributed by atoms with Gasteiger partial charge in [-0.05, 0) is 17.6 Å². The number of carbonyl (C=O) groups is 1.